The van der Waals surface area contributed by atoms with Gasteiger partial charge < -0.3 is 0 Å². The summed E-state index contributed by atoms with van der Waals surface area (Å²) >= 11 is 0. The summed E-state index contributed by atoms with van der Waals surface area (Å²) in [7, 11) is 0. The van der Waals surface area contributed by atoms with Crippen LogP contribution in [0, 0.1) is 0 Å². The largest absolute Gasteiger partial charge is 0.450 e. The summed E-state index contributed by atoms with van der Waals surface area (Å²) in [6.07, 6.45) is -2.54. The van der Waals surface area contributed by atoms with Crippen molar-refractivity contribution in [3.8, 4) is 0 Å². The van der Waals surface area contributed by atoms with Gasteiger partial charge in [-0.25, -0.2) is 9.50 Å². The van der Waals surface area contributed by atoms with Crippen LogP contribution in [0.4, 0.5) is 13.2 Å². The molecule has 16 heavy (non-hydrogen) atoms. The number of alkyl halides is 3. The fourth-order valence-electron chi connectivity index (χ4n) is 1.23. The molecule has 0 radical (unpaired) electrons. The molecule has 0 fully saturated rings. The van der Waals surface area contributed by atoms with E-state index >= 15 is 0 Å². The van der Waals surface area contributed by atoms with Crippen molar-refractivity contribution < 1.29 is 18.0 Å². The van der Waals surface area contributed by atoms with E-state index in [1.54, 1.807) is 12.3 Å². The van der Waals surface area contributed by atoms with Gasteiger partial charge in [0.25, 0.3) is 0 Å². The minimum absolute atomic E-state index is 0.0565. The number of ketones is 1. The van der Waals surface area contributed by atoms with Crippen molar-refractivity contribution in [3.63, 3.8) is 0 Å². The lowest BCUT2D eigenvalue weighted by atomic mass is 10.2. The summed E-state index contributed by atoms with van der Waals surface area (Å²) < 4.78 is 37.3. The fraction of sp³-hybridized carbons (Fsp3) is 0.222. The zero-order valence-corrected chi connectivity index (χ0v) is 7.90. The number of nitrogens with zero attached hydrogens (tertiary/aromatic N) is 3. The van der Waals surface area contributed by atoms with Crippen molar-refractivity contribution in [3.05, 3.63) is 30.2 Å². The third-order valence-corrected chi connectivity index (χ3v) is 1.94. The van der Waals surface area contributed by atoms with E-state index in [1.165, 1.54) is 16.8 Å². The second-order valence-corrected chi connectivity index (χ2v) is 3.16. The van der Waals surface area contributed by atoms with Crippen molar-refractivity contribution in [1.82, 2.24) is 14.6 Å². The number of hydrogen-bond donors (Lipinski definition) is 0. The van der Waals surface area contributed by atoms with E-state index in [2.05, 4.69) is 10.1 Å². The van der Waals surface area contributed by atoms with Crippen LogP contribution in [0.5, 0.6) is 0 Å². The molecule has 84 valence electrons. The van der Waals surface area contributed by atoms with E-state index in [1.807, 2.05) is 0 Å². The normalized spacial score (nSPS) is 11.9. The van der Waals surface area contributed by atoms with E-state index in [0.29, 0.717) is 5.65 Å². The van der Waals surface area contributed by atoms with Gasteiger partial charge in [-0.1, -0.05) is 0 Å². The van der Waals surface area contributed by atoms with Crippen molar-refractivity contribution in [2.75, 3.05) is 0 Å². The first-order valence-corrected chi connectivity index (χ1v) is 4.36. The van der Waals surface area contributed by atoms with Crippen LogP contribution >= 0.6 is 0 Å². The maximum Gasteiger partial charge on any atom is 0.450 e. The van der Waals surface area contributed by atoms with E-state index in [4.69, 9.17) is 0 Å². The minimum atomic E-state index is -4.82. The third-order valence-electron chi connectivity index (χ3n) is 1.94. The molecule has 0 aliphatic rings. The molecule has 0 N–H and O–H groups in total. The molecule has 0 unspecified atom stereocenters. The maximum absolute atomic E-state index is 12.0. The molecule has 0 saturated heterocycles. The van der Waals surface area contributed by atoms with E-state index in [-0.39, 0.29) is 5.69 Å². The quantitative estimate of drug-likeness (QED) is 0.782. The van der Waals surface area contributed by atoms with E-state index in [0.717, 1.165) is 0 Å². The van der Waals surface area contributed by atoms with Gasteiger partial charge in [0.2, 0.25) is 5.78 Å². The van der Waals surface area contributed by atoms with Gasteiger partial charge in [0.1, 0.15) is 0 Å². The van der Waals surface area contributed by atoms with E-state index in [9.17, 15) is 18.0 Å². The maximum atomic E-state index is 12.0. The van der Waals surface area contributed by atoms with Crippen LogP contribution in [0.2, 0.25) is 0 Å². The Balaban J connectivity index is 2.25. The standard InChI is InChI=1S/C9H6F3N3O/c10-9(11,12)7(16)4-6-5-8-13-2-1-3-15(8)14-6/h1-3,5H,4H2. The van der Waals surface area contributed by atoms with Gasteiger partial charge >= 0.3 is 6.18 Å². The molecule has 0 saturated carbocycles. The number of aromatic nitrogens is 3. The number of carbonyl (C=O) groups excluding carboxylic acids is 1. The van der Waals surface area contributed by atoms with Crippen LogP contribution < -0.4 is 0 Å². The Kier molecular flexibility index (Phi) is 2.37. The molecule has 4 nitrogen and oxygen atoms in total. The molecule has 0 aliphatic heterocycles. The van der Waals surface area contributed by atoms with Crippen molar-refractivity contribution in [2.24, 2.45) is 0 Å². The van der Waals surface area contributed by atoms with E-state index < -0.39 is 18.4 Å². The first kappa shape index (κ1) is 10.6. The number of carbonyl (C=O) groups is 1. The summed E-state index contributed by atoms with van der Waals surface area (Å²) in [6.45, 7) is 0. The highest BCUT2D eigenvalue weighted by atomic mass is 19.4. The molecule has 0 aromatic carbocycles. The summed E-state index contributed by atoms with van der Waals surface area (Å²) in [5.41, 5.74) is 0.466. The highest BCUT2D eigenvalue weighted by Gasteiger charge is 2.38. The van der Waals surface area contributed by atoms with Crippen LogP contribution in [-0.4, -0.2) is 26.6 Å². The molecule has 0 atom stereocenters. The molecular formula is C9H6F3N3O. The van der Waals surface area contributed by atoms with Gasteiger partial charge in [-0.2, -0.15) is 18.3 Å². The second-order valence-electron chi connectivity index (χ2n) is 3.16. The highest BCUT2D eigenvalue weighted by Crippen LogP contribution is 2.18. The molecule has 2 aromatic rings. The predicted octanol–water partition coefficient (Wildman–Crippen LogP) is 1.40. The Hall–Kier alpha value is -1.92. The molecule has 0 bridgehead atoms. The molecule has 0 amide bonds. The number of fused-ring (bicyclic) bond motifs is 1. The monoisotopic (exact) mass is 229 g/mol. The van der Waals surface area contributed by atoms with Crippen molar-refractivity contribution in [2.45, 2.75) is 12.6 Å². The third kappa shape index (κ3) is 2.02. The lowest BCUT2D eigenvalue weighted by Gasteiger charge is -2.01. The summed E-state index contributed by atoms with van der Waals surface area (Å²) in [4.78, 5) is 14.6. The Bertz CT molecular complexity index is 499. The van der Waals surface area contributed by atoms with Crippen LogP contribution in [0.25, 0.3) is 5.65 Å². The second kappa shape index (κ2) is 3.58. The lowest BCUT2D eigenvalue weighted by molar-refractivity contribution is -0.170. The molecule has 0 spiro atoms. The van der Waals surface area contributed by atoms with Gasteiger partial charge in [0.15, 0.2) is 5.65 Å². The first-order chi connectivity index (χ1) is 7.47. The zero-order chi connectivity index (χ0) is 11.8. The molecule has 2 rings (SSSR count). The molecule has 2 aromatic heterocycles. The molecule has 2 heterocycles. The average Bonchev–Trinajstić information content (AvgIpc) is 2.58. The number of Topliss-reactive ketones (excluding diaryl/α,β-unsaturated/α-hetero) is 1. The SMILES string of the molecule is O=C(Cc1cc2ncccn2n1)C(F)(F)F. The van der Waals surface area contributed by atoms with Gasteiger partial charge in [0.05, 0.1) is 12.1 Å². The number of rotatable bonds is 2. The predicted molar refractivity (Wildman–Crippen MR) is 47.8 cm³/mol. The Morgan fingerprint density at radius 2 is 2.19 bits per heavy atom. The van der Waals surface area contributed by atoms with Gasteiger partial charge in [-0.3, -0.25) is 4.79 Å². The van der Waals surface area contributed by atoms with Crippen molar-refractivity contribution >= 4 is 11.4 Å². The van der Waals surface area contributed by atoms with Gasteiger partial charge in [-0.05, 0) is 6.07 Å². The Morgan fingerprint density at radius 3 is 2.81 bits per heavy atom. The van der Waals surface area contributed by atoms with Crippen molar-refractivity contribution in [1.29, 1.82) is 0 Å². The smallest absolute Gasteiger partial charge is 0.289 e. The van der Waals surface area contributed by atoms with Crippen LogP contribution in [0.1, 0.15) is 5.69 Å². The summed E-state index contributed by atoms with van der Waals surface area (Å²) in [5.74, 6) is -1.81. The highest BCUT2D eigenvalue weighted by molar-refractivity contribution is 5.85. The van der Waals surface area contributed by atoms with Crippen LogP contribution in [0.15, 0.2) is 24.5 Å². The van der Waals surface area contributed by atoms with Crippen LogP contribution in [0.3, 0.4) is 0 Å². The van der Waals surface area contributed by atoms with Crippen LogP contribution in [-0.2, 0) is 11.2 Å². The summed E-state index contributed by atoms with van der Waals surface area (Å²) in [5, 5.41) is 3.80. The topological polar surface area (TPSA) is 47.3 Å². The molecule has 0 aliphatic carbocycles. The average molecular weight is 229 g/mol. The fourth-order valence-corrected chi connectivity index (χ4v) is 1.23. The zero-order valence-electron chi connectivity index (χ0n) is 7.90. The Labute approximate surface area is 87.7 Å². The number of hydrogen-bond acceptors (Lipinski definition) is 3. The lowest BCUT2D eigenvalue weighted by Crippen LogP contribution is -2.24. The summed E-state index contributed by atoms with van der Waals surface area (Å²) in [6, 6.07) is 2.94. The van der Waals surface area contributed by atoms with Gasteiger partial charge in [-0.15, -0.1) is 0 Å². The molecular weight excluding hydrogens is 223 g/mol. The molecule has 7 heteroatoms. The van der Waals surface area contributed by atoms with Gasteiger partial charge in [0, 0.05) is 18.5 Å². The first-order valence-electron chi connectivity index (χ1n) is 4.36. The Morgan fingerprint density at radius 1 is 1.44 bits per heavy atom. The minimum Gasteiger partial charge on any atom is -0.289 e. The number of halogens is 3.